The molecule has 102 valence electrons. The molecule has 0 bridgehead atoms. The van der Waals surface area contributed by atoms with Crippen LogP contribution in [0, 0.1) is 10.8 Å². The van der Waals surface area contributed by atoms with Gasteiger partial charge in [-0.05, 0) is 12.8 Å². The first-order valence-electron chi connectivity index (χ1n) is 6.20. The minimum Gasteiger partial charge on any atom is -0.550 e. The molecule has 4 atom stereocenters. The zero-order valence-corrected chi connectivity index (χ0v) is 10.6. The molecule has 0 aromatic heterocycles. The minimum absolute atomic E-state index is 0.110. The summed E-state index contributed by atoms with van der Waals surface area (Å²) in [5.74, 6) is -2.25. The van der Waals surface area contributed by atoms with E-state index >= 15 is 0 Å². The van der Waals surface area contributed by atoms with Gasteiger partial charge in [0.05, 0.1) is 0 Å². The van der Waals surface area contributed by atoms with Crippen LogP contribution in [0.15, 0.2) is 0 Å². The molecule has 2 rings (SSSR count). The van der Waals surface area contributed by atoms with Crippen LogP contribution in [0.25, 0.3) is 0 Å². The van der Waals surface area contributed by atoms with Gasteiger partial charge in [0.1, 0.15) is 0 Å². The molecule has 2 aliphatic heterocycles. The van der Waals surface area contributed by atoms with Gasteiger partial charge in [-0.2, -0.15) is 0 Å². The summed E-state index contributed by atoms with van der Waals surface area (Å²) >= 11 is 0. The zero-order chi connectivity index (χ0) is 13.6. The number of carbonyl (C=O) groups is 2. The van der Waals surface area contributed by atoms with Gasteiger partial charge in [0.15, 0.2) is 0 Å². The van der Waals surface area contributed by atoms with Crippen molar-refractivity contribution in [3.63, 3.8) is 0 Å². The third-order valence-corrected chi connectivity index (χ3v) is 4.45. The van der Waals surface area contributed by atoms with E-state index in [1.54, 1.807) is 13.8 Å². The van der Waals surface area contributed by atoms with Crippen molar-refractivity contribution in [3.05, 3.63) is 0 Å². The standard InChI is InChI=1S/C12H20N2O4/c1-11(9(15)16,7-5-13-7)3-4-12(2,10(17)18)8-6-14-8/h7-8,13-14H,3-6H2,1-2H3,(H,15,16)(H,17,18)/p-2. The molecular weight excluding hydrogens is 236 g/mol. The van der Waals surface area contributed by atoms with Crippen LogP contribution >= 0.6 is 0 Å². The van der Waals surface area contributed by atoms with Gasteiger partial charge < -0.3 is 30.4 Å². The second kappa shape index (κ2) is 4.20. The Bertz CT molecular complexity index is 342. The van der Waals surface area contributed by atoms with Crippen LogP contribution in [0.4, 0.5) is 0 Å². The maximum absolute atomic E-state index is 11.2. The average Bonchev–Trinajstić information content (AvgIpc) is 3.17. The van der Waals surface area contributed by atoms with E-state index < -0.39 is 22.8 Å². The highest BCUT2D eigenvalue weighted by Crippen LogP contribution is 2.39. The topological polar surface area (TPSA) is 124 Å². The fourth-order valence-corrected chi connectivity index (χ4v) is 2.38. The summed E-state index contributed by atoms with van der Waals surface area (Å²) in [6.45, 7) is 4.52. The third kappa shape index (κ3) is 2.22. The summed E-state index contributed by atoms with van der Waals surface area (Å²) in [7, 11) is 0. The normalized spacial score (nSPS) is 32.1. The maximum Gasteiger partial charge on any atom is 0.0489 e. The summed E-state index contributed by atoms with van der Waals surface area (Å²) in [4.78, 5) is 22.5. The van der Waals surface area contributed by atoms with Crippen molar-refractivity contribution in [1.29, 1.82) is 0 Å². The highest BCUT2D eigenvalue weighted by molar-refractivity contribution is 5.75. The molecule has 2 aliphatic rings. The van der Waals surface area contributed by atoms with Gasteiger partial charge in [-0.3, -0.25) is 0 Å². The van der Waals surface area contributed by atoms with E-state index in [9.17, 15) is 19.8 Å². The predicted molar refractivity (Wildman–Crippen MR) is 59.0 cm³/mol. The maximum atomic E-state index is 11.2. The number of carbonyl (C=O) groups excluding carboxylic acids is 2. The van der Waals surface area contributed by atoms with E-state index in [0.29, 0.717) is 13.1 Å². The molecule has 2 N–H and O–H groups in total. The summed E-state index contributed by atoms with van der Waals surface area (Å²) < 4.78 is 0. The molecule has 0 aliphatic carbocycles. The van der Waals surface area contributed by atoms with Crippen LogP contribution in [0.5, 0.6) is 0 Å². The van der Waals surface area contributed by atoms with Gasteiger partial charge in [0.2, 0.25) is 0 Å². The molecule has 0 amide bonds. The van der Waals surface area contributed by atoms with E-state index in [1.807, 2.05) is 0 Å². The number of rotatable bonds is 7. The number of carboxylic acid groups (broad SMARTS) is 2. The molecule has 0 saturated carbocycles. The Balaban J connectivity index is 2.04. The summed E-state index contributed by atoms with van der Waals surface area (Å²) in [5.41, 5.74) is -2.02. The average molecular weight is 254 g/mol. The molecule has 2 fully saturated rings. The van der Waals surface area contributed by atoms with E-state index in [-0.39, 0.29) is 24.9 Å². The molecule has 6 nitrogen and oxygen atoms in total. The molecule has 4 unspecified atom stereocenters. The first-order valence-corrected chi connectivity index (χ1v) is 6.20. The van der Waals surface area contributed by atoms with Crippen LogP contribution in [0.1, 0.15) is 26.7 Å². The molecule has 2 saturated heterocycles. The van der Waals surface area contributed by atoms with E-state index in [1.165, 1.54) is 0 Å². The Hall–Kier alpha value is -1.14. The van der Waals surface area contributed by atoms with Gasteiger partial charge in [-0.1, -0.05) is 13.8 Å². The first kappa shape index (κ1) is 13.3. The highest BCUT2D eigenvalue weighted by atomic mass is 16.4. The molecular formula is C12H18N2O4-2. The predicted octanol–water partition coefficient (Wildman–Crippen LogP) is -2.78. The molecule has 0 radical (unpaired) electrons. The van der Waals surface area contributed by atoms with E-state index in [4.69, 9.17) is 0 Å². The van der Waals surface area contributed by atoms with Crippen molar-refractivity contribution < 1.29 is 19.8 Å². The Kier molecular flexibility index (Phi) is 3.11. The number of aliphatic carboxylic acids is 2. The van der Waals surface area contributed by atoms with Crippen molar-refractivity contribution in [2.45, 2.75) is 38.8 Å². The van der Waals surface area contributed by atoms with Crippen LogP contribution < -0.4 is 20.8 Å². The molecule has 0 aromatic rings. The zero-order valence-electron chi connectivity index (χ0n) is 10.6. The van der Waals surface area contributed by atoms with Crippen LogP contribution in [0.3, 0.4) is 0 Å². The van der Waals surface area contributed by atoms with Crippen LogP contribution in [-0.2, 0) is 9.59 Å². The van der Waals surface area contributed by atoms with Gasteiger partial charge in [-0.25, -0.2) is 0 Å². The second-order valence-corrected chi connectivity index (χ2v) is 5.83. The monoisotopic (exact) mass is 254 g/mol. The summed E-state index contributed by atoms with van der Waals surface area (Å²) in [6, 6.07) is -0.221. The lowest BCUT2D eigenvalue weighted by molar-refractivity contribution is -0.323. The van der Waals surface area contributed by atoms with E-state index in [2.05, 4.69) is 10.6 Å². The first-order chi connectivity index (χ1) is 8.30. The van der Waals surface area contributed by atoms with Gasteiger partial charge >= 0.3 is 0 Å². The smallest absolute Gasteiger partial charge is 0.0489 e. The quantitative estimate of drug-likeness (QED) is 0.474. The third-order valence-electron chi connectivity index (χ3n) is 4.45. The van der Waals surface area contributed by atoms with Gasteiger partial charge in [0.25, 0.3) is 0 Å². The number of carboxylic acids is 2. The van der Waals surface area contributed by atoms with E-state index in [0.717, 1.165) is 0 Å². The number of hydrogen-bond acceptors (Lipinski definition) is 6. The lowest BCUT2D eigenvalue weighted by Gasteiger charge is -2.36. The van der Waals surface area contributed by atoms with Crippen molar-refractivity contribution in [2.24, 2.45) is 10.8 Å². The number of nitrogens with one attached hydrogen (secondary N) is 2. The lowest BCUT2D eigenvalue weighted by Crippen LogP contribution is -2.49. The SMILES string of the molecule is CC(CCC(C)(C(=O)[O-])C1CN1)(C(=O)[O-])C1CN1. The fraction of sp³-hybridized carbons (Fsp3) is 0.833. The van der Waals surface area contributed by atoms with Gasteiger partial charge in [0, 0.05) is 47.9 Å². The Labute approximate surface area is 106 Å². The molecule has 0 spiro atoms. The highest BCUT2D eigenvalue weighted by Gasteiger charge is 2.47. The van der Waals surface area contributed by atoms with Crippen molar-refractivity contribution in [3.8, 4) is 0 Å². The van der Waals surface area contributed by atoms with Crippen LogP contribution in [-0.4, -0.2) is 37.1 Å². The minimum atomic E-state index is -1.12. The fourth-order valence-electron chi connectivity index (χ4n) is 2.38. The lowest BCUT2D eigenvalue weighted by atomic mass is 9.73. The Morgan fingerprint density at radius 1 is 1.00 bits per heavy atom. The molecule has 0 aromatic carbocycles. The molecule has 2 heterocycles. The largest absolute Gasteiger partial charge is 0.550 e. The Morgan fingerprint density at radius 3 is 1.44 bits per heavy atom. The second-order valence-electron chi connectivity index (χ2n) is 5.83. The molecule has 18 heavy (non-hydrogen) atoms. The van der Waals surface area contributed by atoms with Crippen molar-refractivity contribution >= 4 is 11.9 Å². The Morgan fingerprint density at radius 2 is 1.28 bits per heavy atom. The summed E-state index contributed by atoms with van der Waals surface area (Å²) in [6.07, 6.45) is 0.547. The summed E-state index contributed by atoms with van der Waals surface area (Å²) in [5, 5.41) is 28.4. The van der Waals surface area contributed by atoms with Crippen molar-refractivity contribution in [2.75, 3.05) is 13.1 Å². The van der Waals surface area contributed by atoms with Gasteiger partial charge in [-0.15, -0.1) is 0 Å². The molecule has 6 heteroatoms. The van der Waals surface area contributed by atoms with Crippen molar-refractivity contribution in [1.82, 2.24) is 10.6 Å². The number of hydrogen-bond donors (Lipinski definition) is 2. The van der Waals surface area contributed by atoms with Crippen LogP contribution in [0.2, 0.25) is 0 Å².